The van der Waals surface area contributed by atoms with E-state index in [0.29, 0.717) is 17.9 Å². The zero-order valence-corrected chi connectivity index (χ0v) is 16.2. The monoisotopic (exact) mass is 389 g/mol. The molecule has 4 aromatic rings. The summed E-state index contributed by atoms with van der Waals surface area (Å²) in [5.74, 6) is 0.880. The number of aromatic hydroxyl groups is 1. The molecule has 140 valence electrons. The molecule has 28 heavy (non-hydrogen) atoms. The molecular formula is C22H19N3O2S. The molecule has 0 unspecified atom stereocenters. The van der Waals surface area contributed by atoms with Gasteiger partial charge in [0.25, 0.3) is 0 Å². The van der Waals surface area contributed by atoms with Crippen LogP contribution >= 0.6 is 11.3 Å². The van der Waals surface area contributed by atoms with Crippen molar-refractivity contribution >= 4 is 28.3 Å². The molecule has 2 heterocycles. The van der Waals surface area contributed by atoms with Gasteiger partial charge in [-0.2, -0.15) is 5.10 Å². The number of benzene rings is 2. The lowest BCUT2D eigenvalue weighted by molar-refractivity contribution is 0.475. The molecule has 0 aliphatic carbocycles. The molecule has 4 rings (SSSR count). The fourth-order valence-electron chi connectivity index (χ4n) is 2.85. The topological polar surface area (TPSA) is 63.0 Å². The highest BCUT2D eigenvalue weighted by Gasteiger charge is 2.11. The largest absolute Gasteiger partial charge is 0.507 e. The van der Waals surface area contributed by atoms with E-state index in [0.717, 1.165) is 26.8 Å². The van der Waals surface area contributed by atoms with Gasteiger partial charge in [-0.05, 0) is 35.9 Å². The van der Waals surface area contributed by atoms with Gasteiger partial charge in [0.1, 0.15) is 11.4 Å². The van der Waals surface area contributed by atoms with Crippen LogP contribution in [0.1, 0.15) is 12.5 Å². The Morgan fingerprint density at radius 2 is 2.07 bits per heavy atom. The van der Waals surface area contributed by atoms with Gasteiger partial charge in [-0.15, -0.1) is 11.3 Å². The number of fused-ring (bicyclic) bond motifs is 1. The van der Waals surface area contributed by atoms with Crippen molar-refractivity contribution in [3.8, 4) is 17.2 Å². The lowest BCUT2D eigenvalue weighted by Gasteiger charge is -2.05. The minimum Gasteiger partial charge on any atom is -0.507 e. The average molecular weight is 389 g/mol. The number of hydrogen-bond donors (Lipinski definition) is 1. The van der Waals surface area contributed by atoms with Crippen LogP contribution in [0.2, 0.25) is 0 Å². The number of phenolic OH excluding ortho intramolecular Hbond substituents is 1. The Bertz CT molecular complexity index is 1230. The maximum Gasteiger partial charge on any atom is 0.206 e. The SMILES string of the molecule is C=C(C)CN=c1scc(-c2ccco2)n1N=Cc1c(O)ccc2ccccc12. The first-order chi connectivity index (χ1) is 13.6. The number of aromatic nitrogens is 1. The van der Waals surface area contributed by atoms with E-state index in [-0.39, 0.29) is 5.75 Å². The molecule has 0 amide bonds. The number of furan rings is 1. The van der Waals surface area contributed by atoms with Crippen LogP contribution in [0, 0.1) is 0 Å². The van der Waals surface area contributed by atoms with Crippen molar-refractivity contribution in [3.63, 3.8) is 0 Å². The molecule has 0 atom stereocenters. The van der Waals surface area contributed by atoms with Crippen molar-refractivity contribution in [1.82, 2.24) is 4.68 Å². The minimum absolute atomic E-state index is 0.179. The van der Waals surface area contributed by atoms with Gasteiger partial charge in [-0.3, -0.25) is 4.99 Å². The van der Waals surface area contributed by atoms with E-state index in [1.807, 2.05) is 54.8 Å². The van der Waals surface area contributed by atoms with Crippen molar-refractivity contribution < 1.29 is 9.52 Å². The summed E-state index contributed by atoms with van der Waals surface area (Å²) in [5.41, 5.74) is 2.43. The van der Waals surface area contributed by atoms with Gasteiger partial charge in [0, 0.05) is 10.9 Å². The zero-order chi connectivity index (χ0) is 19.5. The summed E-state index contributed by atoms with van der Waals surface area (Å²) in [6, 6.07) is 15.2. The molecule has 0 radical (unpaired) electrons. The third kappa shape index (κ3) is 3.54. The molecule has 0 spiro atoms. The Labute approximate surface area is 166 Å². The third-order valence-electron chi connectivity index (χ3n) is 4.19. The fraction of sp³-hybridized carbons (Fsp3) is 0.0909. The highest BCUT2D eigenvalue weighted by molar-refractivity contribution is 7.07. The first-order valence-electron chi connectivity index (χ1n) is 8.78. The number of phenols is 1. The Balaban J connectivity index is 1.86. The Morgan fingerprint density at radius 3 is 2.86 bits per heavy atom. The average Bonchev–Trinajstić information content (AvgIpc) is 3.35. The highest BCUT2D eigenvalue weighted by Crippen LogP contribution is 2.26. The van der Waals surface area contributed by atoms with Gasteiger partial charge in [0.05, 0.1) is 19.0 Å². The Morgan fingerprint density at radius 1 is 1.21 bits per heavy atom. The van der Waals surface area contributed by atoms with Crippen molar-refractivity contribution in [1.29, 1.82) is 0 Å². The Hall–Kier alpha value is -3.38. The summed E-state index contributed by atoms with van der Waals surface area (Å²) in [4.78, 5) is 5.32. The summed E-state index contributed by atoms with van der Waals surface area (Å²) in [7, 11) is 0. The molecule has 2 aromatic heterocycles. The van der Waals surface area contributed by atoms with Crippen molar-refractivity contribution in [2.75, 3.05) is 6.54 Å². The van der Waals surface area contributed by atoms with Crippen LogP contribution < -0.4 is 4.80 Å². The van der Waals surface area contributed by atoms with Crippen LogP contribution in [-0.2, 0) is 0 Å². The number of thiazole rings is 1. The molecule has 2 aromatic carbocycles. The van der Waals surface area contributed by atoms with Gasteiger partial charge >= 0.3 is 0 Å². The number of rotatable bonds is 5. The minimum atomic E-state index is 0.179. The van der Waals surface area contributed by atoms with E-state index >= 15 is 0 Å². The predicted molar refractivity (Wildman–Crippen MR) is 114 cm³/mol. The highest BCUT2D eigenvalue weighted by atomic mass is 32.1. The normalized spacial score (nSPS) is 12.2. The maximum absolute atomic E-state index is 10.4. The van der Waals surface area contributed by atoms with E-state index in [4.69, 9.17) is 4.42 Å². The fourth-order valence-corrected chi connectivity index (χ4v) is 3.67. The molecule has 1 N–H and O–H groups in total. The second-order valence-electron chi connectivity index (χ2n) is 6.43. The van der Waals surface area contributed by atoms with Crippen LogP contribution in [0.3, 0.4) is 0 Å². The van der Waals surface area contributed by atoms with E-state index in [1.165, 1.54) is 11.3 Å². The first-order valence-corrected chi connectivity index (χ1v) is 9.66. The molecule has 0 aliphatic heterocycles. The van der Waals surface area contributed by atoms with Crippen molar-refractivity contribution in [3.05, 3.63) is 82.7 Å². The standard InChI is InChI=1S/C22H19N3O2S/c1-15(2)12-23-22-25(19(14-28-22)21-8-5-11-27-21)24-13-18-17-7-4-3-6-16(17)9-10-20(18)26/h3-11,13-14,26H,1,12H2,2H3. The molecular weight excluding hydrogens is 370 g/mol. The van der Waals surface area contributed by atoms with E-state index in [1.54, 1.807) is 23.2 Å². The molecule has 0 saturated heterocycles. The summed E-state index contributed by atoms with van der Waals surface area (Å²) < 4.78 is 7.28. The van der Waals surface area contributed by atoms with E-state index in [9.17, 15) is 5.11 Å². The van der Waals surface area contributed by atoms with E-state index in [2.05, 4.69) is 16.7 Å². The van der Waals surface area contributed by atoms with Crippen molar-refractivity contribution in [2.45, 2.75) is 6.92 Å². The Kier molecular flexibility index (Phi) is 4.95. The number of hydrogen-bond acceptors (Lipinski definition) is 5. The quantitative estimate of drug-likeness (QED) is 0.384. The zero-order valence-electron chi connectivity index (χ0n) is 15.4. The smallest absolute Gasteiger partial charge is 0.206 e. The van der Waals surface area contributed by atoms with Crippen LogP contribution in [0.25, 0.3) is 22.2 Å². The second kappa shape index (κ2) is 7.70. The third-order valence-corrected chi connectivity index (χ3v) is 5.05. The van der Waals surface area contributed by atoms with Crippen LogP contribution in [0.15, 0.2) is 86.8 Å². The van der Waals surface area contributed by atoms with E-state index < -0.39 is 0 Å². The lowest BCUT2D eigenvalue weighted by atomic mass is 10.0. The molecule has 0 saturated carbocycles. The van der Waals surface area contributed by atoms with Crippen LogP contribution in [0.4, 0.5) is 0 Å². The number of nitrogens with zero attached hydrogens (tertiary/aromatic N) is 3. The molecule has 0 aliphatic rings. The summed E-state index contributed by atoms with van der Waals surface area (Å²) in [5, 5.41) is 18.9. The van der Waals surface area contributed by atoms with Crippen molar-refractivity contribution in [2.24, 2.45) is 10.1 Å². The van der Waals surface area contributed by atoms with Crippen LogP contribution in [0.5, 0.6) is 5.75 Å². The summed E-state index contributed by atoms with van der Waals surface area (Å²) in [6.45, 7) is 6.37. The maximum atomic E-state index is 10.4. The van der Waals surface area contributed by atoms with Gasteiger partial charge in [0.2, 0.25) is 4.80 Å². The second-order valence-corrected chi connectivity index (χ2v) is 7.27. The molecule has 5 nitrogen and oxygen atoms in total. The summed E-state index contributed by atoms with van der Waals surface area (Å²) in [6.07, 6.45) is 3.29. The molecule has 6 heteroatoms. The van der Waals surface area contributed by atoms with Gasteiger partial charge in [-0.1, -0.05) is 42.5 Å². The molecule has 0 bridgehead atoms. The predicted octanol–water partition coefficient (Wildman–Crippen LogP) is 5.03. The molecule has 0 fully saturated rings. The van der Waals surface area contributed by atoms with Gasteiger partial charge in [-0.25, -0.2) is 4.68 Å². The summed E-state index contributed by atoms with van der Waals surface area (Å²) >= 11 is 1.48. The van der Waals surface area contributed by atoms with Gasteiger partial charge in [0.15, 0.2) is 5.76 Å². The van der Waals surface area contributed by atoms with Gasteiger partial charge < -0.3 is 9.52 Å². The first kappa shape index (κ1) is 18.0. The lowest BCUT2D eigenvalue weighted by Crippen LogP contribution is -2.12. The van der Waals surface area contributed by atoms with Crippen LogP contribution in [-0.4, -0.2) is 22.5 Å².